The highest BCUT2D eigenvalue weighted by Gasteiger charge is 2.12. The molecule has 4 heteroatoms. The molecular formula is C17H11Cl2NO. The van der Waals surface area contributed by atoms with E-state index in [-0.39, 0.29) is 0 Å². The summed E-state index contributed by atoms with van der Waals surface area (Å²) < 4.78 is 1.81. The van der Waals surface area contributed by atoms with Crippen molar-refractivity contribution in [2.24, 2.45) is 0 Å². The Morgan fingerprint density at radius 2 is 1.62 bits per heavy atom. The fourth-order valence-corrected chi connectivity index (χ4v) is 2.69. The Bertz CT molecular complexity index is 745. The molecule has 0 aliphatic rings. The number of carbonyl (C=O) groups excluding carboxylic acids is 1. The van der Waals surface area contributed by atoms with Crippen LogP contribution in [0.3, 0.4) is 0 Å². The molecule has 0 bridgehead atoms. The molecular weight excluding hydrogens is 305 g/mol. The van der Waals surface area contributed by atoms with Crippen LogP contribution in [0, 0.1) is 0 Å². The minimum absolute atomic E-state index is 0.569. The summed E-state index contributed by atoms with van der Waals surface area (Å²) in [5.74, 6) is 0. The second-order valence-electron chi connectivity index (χ2n) is 4.59. The van der Waals surface area contributed by atoms with Gasteiger partial charge in [0.2, 0.25) is 0 Å². The van der Waals surface area contributed by atoms with Crippen LogP contribution < -0.4 is 0 Å². The number of hydrogen-bond donors (Lipinski definition) is 0. The maximum Gasteiger partial charge on any atom is 0.167 e. The SMILES string of the molecule is O=Cc1c(-c2cccc(Cl)c2)ccn1-c1cccc(Cl)c1. The van der Waals surface area contributed by atoms with E-state index in [1.54, 1.807) is 12.1 Å². The van der Waals surface area contributed by atoms with Crippen molar-refractivity contribution < 1.29 is 4.79 Å². The maximum absolute atomic E-state index is 11.5. The van der Waals surface area contributed by atoms with Gasteiger partial charge in [-0.3, -0.25) is 4.79 Å². The minimum atomic E-state index is 0.569. The van der Waals surface area contributed by atoms with Gasteiger partial charge in [-0.1, -0.05) is 41.4 Å². The summed E-state index contributed by atoms with van der Waals surface area (Å²) in [5, 5.41) is 1.27. The van der Waals surface area contributed by atoms with E-state index < -0.39 is 0 Å². The third-order valence-corrected chi connectivity index (χ3v) is 3.73. The third-order valence-electron chi connectivity index (χ3n) is 3.26. The highest BCUT2D eigenvalue weighted by Crippen LogP contribution is 2.28. The van der Waals surface area contributed by atoms with Gasteiger partial charge in [-0.05, 0) is 42.0 Å². The van der Waals surface area contributed by atoms with Gasteiger partial charge < -0.3 is 4.57 Å². The number of aromatic nitrogens is 1. The zero-order chi connectivity index (χ0) is 14.8. The summed E-state index contributed by atoms with van der Waals surface area (Å²) in [6.45, 7) is 0. The Hall–Kier alpha value is -2.03. The van der Waals surface area contributed by atoms with Crippen molar-refractivity contribution in [3.8, 4) is 16.8 Å². The third kappa shape index (κ3) is 2.73. The molecule has 0 saturated carbocycles. The van der Waals surface area contributed by atoms with Gasteiger partial charge in [0.25, 0.3) is 0 Å². The number of rotatable bonds is 3. The van der Waals surface area contributed by atoms with Crippen LogP contribution in [0.4, 0.5) is 0 Å². The Morgan fingerprint density at radius 3 is 2.29 bits per heavy atom. The van der Waals surface area contributed by atoms with E-state index in [0.717, 1.165) is 23.1 Å². The van der Waals surface area contributed by atoms with Gasteiger partial charge in [-0.25, -0.2) is 0 Å². The topological polar surface area (TPSA) is 22.0 Å². The summed E-state index contributed by atoms with van der Waals surface area (Å²) in [5.41, 5.74) is 3.16. The first-order chi connectivity index (χ1) is 10.2. The summed E-state index contributed by atoms with van der Waals surface area (Å²) in [6, 6.07) is 16.7. The largest absolute Gasteiger partial charge is 0.314 e. The molecule has 2 aromatic carbocycles. The van der Waals surface area contributed by atoms with Crippen LogP contribution in [0.15, 0.2) is 60.8 Å². The lowest BCUT2D eigenvalue weighted by Crippen LogP contribution is -1.98. The Balaban J connectivity index is 2.16. The van der Waals surface area contributed by atoms with Gasteiger partial charge in [0.1, 0.15) is 0 Å². The van der Waals surface area contributed by atoms with Gasteiger partial charge in [-0.2, -0.15) is 0 Å². The molecule has 0 amide bonds. The van der Waals surface area contributed by atoms with E-state index in [1.807, 2.05) is 53.2 Å². The lowest BCUT2D eigenvalue weighted by atomic mass is 10.1. The fraction of sp³-hybridized carbons (Fsp3) is 0. The normalized spacial score (nSPS) is 10.6. The average molecular weight is 316 g/mol. The molecule has 2 nitrogen and oxygen atoms in total. The lowest BCUT2D eigenvalue weighted by molar-refractivity contribution is 0.111. The number of carbonyl (C=O) groups is 1. The Morgan fingerprint density at radius 1 is 0.905 bits per heavy atom. The molecule has 0 radical (unpaired) electrons. The van der Waals surface area contributed by atoms with E-state index in [4.69, 9.17) is 23.2 Å². The van der Waals surface area contributed by atoms with Crippen LogP contribution >= 0.6 is 23.2 Å². The first-order valence-electron chi connectivity index (χ1n) is 6.37. The lowest BCUT2D eigenvalue weighted by Gasteiger charge is -2.07. The maximum atomic E-state index is 11.5. The zero-order valence-corrected chi connectivity index (χ0v) is 12.5. The number of aldehydes is 1. The first kappa shape index (κ1) is 13.9. The van der Waals surface area contributed by atoms with Crippen molar-refractivity contribution in [2.75, 3.05) is 0 Å². The van der Waals surface area contributed by atoms with Crippen molar-refractivity contribution in [2.45, 2.75) is 0 Å². The minimum Gasteiger partial charge on any atom is -0.314 e. The molecule has 0 aliphatic heterocycles. The predicted molar refractivity (Wildman–Crippen MR) is 86.6 cm³/mol. The molecule has 0 fully saturated rings. The summed E-state index contributed by atoms with van der Waals surface area (Å²) in [4.78, 5) is 11.5. The second-order valence-corrected chi connectivity index (χ2v) is 5.47. The zero-order valence-electron chi connectivity index (χ0n) is 11.0. The van der Waals surface area contributed by atoms with Crippen molar-refractivity contribution in [3.63, 3.8) is 0 Å². The average Bonchev–Trinajstić information content (AvgIpc) is 2.91. The van der Waals surface area contributed by atoms with Gasteiger partial charge in [0.05, 0.1) is 5.69 Å². The van der Waals surface area contributed by atoms with Crippen LogP contribution in [0.2, 0.25) is 10.0 Å². The van der Waals surface area contributed by atoms with Crippen molar-refractivity contribution in [1.82, 2.24) is 4.57 Å². The highest BCUT2D eigenvalue weighted by atomic mass is 35.5. The van der Waals surface area contributed by atoms with Crippen LogP contribution in [-0.2, 0) is 0 Å². The van der Waals surface area contributed by atoms with Crippen LogP contribution in [0.1, 0.15) is 10.5 Å². The van der Waals surface area contributed by atoms with Crippen molar-refractivity contribution in [3.05, 3.63) is 76.5 Å². The monoisotopic (exact) mass is 315 g/mol. The van der Waals surface area contributed by atoms with E-state index in [0.29, 0.717) is 15.7 Å². The second kappa shape index (κ2) is 5.76. The molecule has 0 unspecified atom stereocenters. The molecule has 3 rings (SSSR count). The summed E-state index contributed by atoms with van der Waals surface area (Å²) in [6.07, 6.45) is 2.70. The Kier molecular flexibility index (Phi) is 3.82. The van der Waals surface area contributed by atoms with Gasteiger partial charge in [-0.15, -0.1) is 0 Å². The standard InChI is InChI=1S/C17H11Cl2NO/c18-13-4-1-3-12(9-13)16-7-8-20(17(16)11-21)15-6-2-5-14(19)10-15/h1-11H. The van der Waals surface area contributed by atoms with Gasteiger partial charge in [0.15, 0.2) is 6.29 Å². The molecule has 0 spiro atoms. The quantitative estimate of drug-likeness (QED) is 0.604. The molecule has 0 N–H and O–H groups in total. The van der Waals surface area contributed by atoms with E-state index in [1.165, 1.54) is 0 Å². The number of halogens is 2. The predicted octanol–water partition coefficient (Wildman–Crippen LogP) is 5.26. The van der Waals surface area contributed by atoms with Gasteiger partial charge >= 0.3 is 0 Å². The highest BCUT2D eigenvalue weighted by molar-refractivity contribution is 6.31. The number of benzene rings is 2. The molecule has 1 aromatic heterocycles. The molecule has 21 heavy (non-hydrogen) atoms. The van der Waals surface area contributed by atoms with Crippen LogP contribution in [-0.4, -0.2) is 10.9 Å². The number of hydrogen-bond acceptors (Lipinski definition) is 1. The van der Waals surface area contributed by atoms with Gasteiger partial charge in [0, 0.05) is 27.5 Å². The van der Waals surface area contributed by atoms with Crippen LogP contribution in [0.5, 0.6) is 0 Å². The smallest absolute Gasteiger partial charge is 0.167 e. The first-order valence-corrected chi connectivity index (χ1v) is 7.13. The van der Waals surface area contributed by atoms with Crippen molar-refractivity contribution >= 4 is 29.5 Å². The molecule has 0 atom stereocenters. The van der Waals surface area contributed by atoms with Crippen molar-refractivity contribution in [1.29, 1.82) is 0 Å². The molecule has 0 saturated heterocycles. The fourth-order valence-electron chi connectivity index (χ4n) is 2.32. The number of nitrogens with zero attached hydrogens (tertiary/aromatic N) is 1. The molecule has 0 aliphatic carbocycles. The van der Waals surface area contributed by atoms with E-state index in [2.05, 4.69) is 0 Å². The molecule has 1 heterocycles. The van der Waals surface area contributed by atoms with E-state index >= 15 is 0 Å². The molecule has 3 aromatic rings. The van der Waals surface area contributed by atoms with E-state index in [9.17, 15) is 4.79 Å². The summed E-state index contributed by atoms with van der Waals surface area (Å²) >= 11 is 12.0. The summed E-state index contributed by atoms with van der Waals surface area (Å²) in [7, 11) is 0. The molecule has 104 valence electrons. The Labute approximate surface area is 132 Å². The van der Waals surface area contributed by atoms with Crippen LogP contribution in [0.25, 0.3) is 16.8 Å².